The zero-order valence-electron chi connectivity index (χ0n) is 10.2. The lowest BCUT2D eigenvalue weighted by atomic mass is 9.93. The normalized spacial score (nSPS) is 14.2. The summed E-state index contributed by atoms with van der Waals surface area (Å²) in [5.41, 5.74) is -0.857. The topological polar surface area (TPSA) is 57.5 Å². The summed E-state index contributed by atoms with van der Waals surface area (Å²) >= 11 is 0. The molecule has 0 spiro atoms. The van der Waals surface area contributed by atoms with Crippen LogP contribution in [0.15, 0.2) is 66.7 Å². The second kappa shape index (κ2) is 5.50. The Morgan fingerprint density at radius 1 is 0.947 bits per heavy atom. The zero-order valence-corrected chi connectivity index (χ0v) is 10.2. The molecular weight excluding hydrogens is 240 g/mol. The minimum absolute atomic E-state index is 0.328. The third-order valence-electron chi connectivity index (χ3n) is 2.86. The molecule has 1 atom stereocenters. The monoisotopic (exact) mass is 254 g/mol. The third-order valence-corrected chi connectivity index (χ3v) is 2.86. The molecule has 0 bridgehead atoms. The van der Waals surface area contributed by atoms with Gasteiger partial charge in [-0.3, -0.25) is 0 Å². The molecule has 19 heavy (non-hydrogen) atoms. The second-order valence-electron chi connectivity index (χ2n) is 4.18. The van der Waals surface area contributed by atoms with E-state index in [1.807, 2.05) is 30.3 Å². The number of aliphatic carboxylic acids is 1. The van der Waals surface area contributed by atoms with Crippen LogP contribution in [-0.4, -0.2) is 16.2 Å². The van der Waals surface area contributed by atoms with Crippen molar-refractivity contribution >= 4 is 12.0 Å². The molecule has 0 saturated heterocycles. The van der Waals surface area contributed by atoms with Crippen LogP contribution in [0.4, 0.5) is 0 Å². The molecule has 3 heteroatoms. The summed E-state index contributed by atoms with van der Waals surface area (Å²) in [6.07, 6.45) is 2.89. The van der Waals surface area contributed by atoms with Crippen molar-refractivity contribution in [3.8, 4) is 0 Å². The Morgan fingerprint density at radius 3 is 2.00 bits per heavy atom. The number of aliphatic hydroxyl groups is 1. The van der Waals surface area contributed by atoms with Crippen molar-refractivity contribution in [2.24, 2.45) is 0 Å². The van der Waals surface area contributed by atoms with Gasteiger partial charge >= 0.3 is 5.97 Å². The van der Waals surface area contributed by atoms with Crippen molar-refractivity contribution in [1.29, 1.82) is 0 Å². The van der Waals surface area contributed by atoms with E-state index in [9.17, 15) is 15.0 Å². The molecule has 0 aliphatic carbocycles. The standard InChI is InChI=1S/C16H14O3/c17-15(18)16(19,14-9-5-2-6-10-14)12-11-13-7-3-1-4-8-13/h1-12,19H,(H,17,18)/b12-11+/t16-/m0/s1. The molecule has 0 amide bonds. The molecule has 0 fully saturated rings. The van der Waals surface area contributed by atoms with Crippen LogP contribution in [0.25, 0.3) is 6.08 Å². The summed E-state index contributed by atoms with van der Waals surface area (Å²) in [6, 6.07) is 17.6. The number of hydrogen-bond acceptors (Lipinski definition) is 2. The smallest absolute Gasteiger partial charge is 0.344 e. The fourth-order valence-electron chi connectivity index (χ4n) is 1.76. The SMILES string of the molecule is O=C(O)[C@](O)(/C=C/c1ccccc1)c1ccccc1. The van der Waals surface area contributed by atoms with Crippen molar-refractivity contribution in [3.05, 3.63) is 77.9 Å². The molecule has 0 heterocycles. The highest BCUT2D eigenvalue weighted by molar-refractivity contribution is 5.83. The van der Waals surface area contributed by atoms with Gasteiger partial charge in [-0.05, 0) is 17.2 Å². The predicted octanol–water partition coefficient (Wildman–Crippen LogP) is 2.67. The van der Waals surface area contributed by atoms with Gasteiger partial charge in [0.15, 0.2) is 0 Å². The molecule has 0 aliphatic heterocycles. The Balaban J connectivity index is 2.37. The van der Waals surface area contributed by atoms with E-state index in [1.54, 1.807) is 36.4 Å². The van der Waals surface area contributed by atoms with Gasteiger partial charge in [-0.15, -0.1) is 0 Å². The summed E-state index contributed by atoms with van der Waals surface area (Å²) in [7, 11) is 0. The predicted molar refractivity (Wildman–Crippen MR) is 73.5 cm³/mol. The van der Waals surface area contributed by atoms with Crippen LogP contribution >= 0.6 is 0 Å². The van der Waals surface area contributed by atoms with Crippen molar-refractivity contribution in [1.82, 2.24) is 0 Å². The zero-order chi connectivity index (χ0) is 13.7. The Morgan fingerprint density at radius 2 is 1.47 bits per heavy atom. The van der Waals surface area contributed by atoms with Crippen LogP contribution in [0.5, 0.6) is 0 Å². The molecule has 0 unspecified atom stereocenters. The van der Waals surface area contributed by atoms with Crippen molar-refractivity contribution in [2.75, 3.05) is 0 Å². The molecule has 0 saturated carbocycles. The van der Waals surface area contributed by atoms with Crippen molar-refractivity contribution in [2.45, 2.75) is 5.60 Å². The van der Waals surface area contributed by atoms with Gasteiger partial charge in [0.1, 0.15) is 0 Å². The van der Waals surface area contributed by atoms with E-state index >= 15 is 0 Å². The van der Waals surface area contributed by atoms with Crippen LogP contribution in [-0.2, 0) is 10.4 Å². The molecule has 0 aromatic heterocycles. The average molecular weight is 254 g/mol. The minimum atomic E-state index is -2.02. The summed E-state index contributed by atoms with van der Waals surface area (Å²) < 4.78 is 0. The molecular formula is C16H14O3. The molecule has 96 valence electrons. The van der Waals surface area contributed by atoms with Gasteiger partial charge in [-0.1, -0.05) is 66.7 Å². The molecule has 2 rings (SSSR count). The van der Waals surface area contributed by atoms with Crippen LogP contribution < -0.4 is 0 Å². The fourth-order valence-corrected chi connectivity index (χ4v) is 1.76. The van der Waals surface area contributed by atoms with Gasteiger partial charge in [0.05, 0.1) is 0 Å². The quantitative estimate of drug-likeness (QED) is 0.882. The highest BCUT2D eigenvalue weighted by Gasteiger charge is 2.34. The number of carbonyl (C=O) groups is 1. The molecule has 0 aliphatic rings. The molecule has 2 N–H and O–H groups in total. The molecule has 0 radical (unpaired) electrons. The van der Waals surface area contributed by atoms with E-state index in [0.717, 1.165) is 5.56 Å². The first-order valence-corrected chi connectivity index (χ1v) is 5.88. The number of benzene rings is 2. The number of rotatable bonds is 4. The van der Waals surface area contributed by atoms with Crippen LogP contribution in [0.1, 0.15) is 11.1 Å². The van der Waals surface area contributed by atoms with E-state index < -0.39 is 11.6 Å². The molecule has 3 nitrogen and oxygen atoms in total. The maximum absolute atomic E-state index is 11.3. The van der Waals surface area contributed by atoms with Gasteiger partial charge in [0.25, 0.3) is 0 Å². The lowest BCUT2D eigenvalue weighted by Gasteiger charge is -2.19. The van der Waals surface area contributed by atoms with Crippen LogP contribution in [0, 0.1) is 0 Å². The number of carboxylic acids is 1. The maximum Gasteiger partial charge on any atom is 0.344 e. The Bertz CT molecular complexity index is 575. The van der Waals surface area contributed by atoms with Crippen molar-refractivity contribution < 1.29 is 15.0 Å². The van der Waals surface area contributed by atoms with Gasteiger partial charge in [0, 0.05) is 0 Å². The Kier molecular flexibility index (Phi) is 3.78. The van der Waals surface area contributed by atoms with E-state index in [4.69, 9.17) is 0 Å². The first kappa shape index (κ1) is 13.1. The van der Waals surface area contributed by atoms with Crippen LogP contribution in [0.3, 0.4) is 0 Å². The lowest BCUT2D eigenvalue weighted by molar-refractivity contribution is -0.154. The van der Waals surface area contributed by atoms with E-state index in [0.29, 0.717) is 5.56 Å². The summed E-state index contributed by atoms with van der Waals surface area (Å²) in [4.78, 5) is 11.3. The van der Waals surface area contributed by atoms with E-state index in [2.05, 4.69) is 0 Å². The molecule has 2 aromatic carbocycles. The van der Waals surface area contributed by atoms with Crippen molar-refractivity contribution in [3.63, 3.8) is 0 Å². The third kappa shape index (κ3) is 2.89. The highest BCUT2D eigenvalue weighted by atomic mass is 16.4. The summed E-state index contributed by atoms with van der Waals surface area (Å²) in [5, 5.41) is 19.6. The Hall–Kier alpha value is -2.39. The van der Waals surface area contributed by atoms with E-state index in [1.165, 1.54) is 6.08 Å². The van der Waals surface area contributed by atoms with E-state index in [-0.39, 0.29) is 0 Å². The van der Waals surface area contributed by atoms with Gasteiger partial charge in [0.2, 0.25) is 5.60 Å². The largest absolute Gasteiger partial charge is 0.479 e. The molecule has 2 aromatic rings. The second-order valence-corrected chi connectivity index (χ2v) is 4.18. The summed E-state index contributed by atoms with van der Waals surface area (Å²) in [6.45, 7) is 0. The first-order chi connectivity index (χ1) is 9.13. The number of carboxylic acid groups (broad SMARTS) is 1. The highest BCUT2D eigenvalue weighted by Crippen LogP contribution is 2.24. The van der Waals surface area contributed by atoms with Gasteiger partial charge in [-0.2, -0.15) is 0 Å². The lowest BCUT2D eigenvalue weighted by Crippen LogP contribution is -2.33. The average Bonchev–Trinajstić information content (AvgIpc) is 2.46. The summed E-state index contributed by atoms with van der Waals surface area (Å²) in [5.74, 6) is -1.30. The minimum Gasteiger partial charge on any atom is -0.479 e. The first-order valence-electron chi connectivity index (χ1n) is 5.88. The Labute approximate surface area is 111 Å². The maximum atomic E-state index is 11.3. The van der Waals surface area contributed by atoms with Crippen LogP contribution in [0.2, 0.25) is 0 Å². The van der Waals surface area contributed by atoms with Gasteiger partial charge in [-0.25, -0.2) is 4.79 Å². The number of hydrogen-bond donors (Lipinski definition) is 2. The van der Waals surface area contributed by atoms with Gasteiger partial charge < -0.3 is 10.2 Å². The fraction of sp³-hybridized carbons (Fsp3) is 0.0625.